The summed E-state index contributed by atoms with van der Waals surface area (Å²) in [6.45, 7) is 14.5. The number of ether oxygens (including phenoxy) is 1. The van der Waals surface area contributed by atoms with Crippen LogP contribution in [-0.2, 0) is 6.61 Å². The van der Waals surface area contributed by atoms with E-state index in [1.807, 2.05) is 24.3 Å². The fourth-order valence-electron chi connectivity index (χ4n) is 3.08. The maximum Gasteiger partial charge on any atom is 0.119 e. The number of hydrogen-bond acceptors (Lipinski definition) is 1. The second-order valence-electron chi connectivity index (χ2n) is 9.17. The summed E-state index contributed by atoms with van der Waals surface area (Å²) in [4.78, 5) is 0. The van der Waals surface area contributed by atoms with Gasteiger partial charge in [0, 0.05) is 5.02 Å². The van der Waals surface area contributed by atoms with Crippen molar-refractivity contribution in [1.29, 1.82) is 0 Å². The summed E-state index contributed by atoms with van der Waals surface area (Å²) in [5.74, 6) is 1.43. The predicted molar refractivity (Wildman–Crippen MR) is 108 cm³/mol. The summed E-state index contributed by atoms with van der Waals surface area (Å²) in [5, 5.41) is 0.750. The van der Waals surface area contributed by atoms with Gasteiger partial charge < -0.3 is 4.74 Å². The minimum absolute atomic E-state index is 0.235. The highest BCUT2D eigenvalue weighted by molar-refractivity contribution is 6.30. The summed E-state index contributed by atoms with van der Waals surface area (Å²) >= 11 is 5.92. The molecule has 1 nitrogen and oxygen atoms in total. The third kappa shape index (κ3) is 6.40. The van der Waals surface area contributed by atoms with Gasteiger partial charge in [-0.15, -0.1) is 0 Å². The van der Waals surface area contributed by atoms with Crippen LogP contribution in [0.4, 0.5) is 0 Å². The quantitative estimate of drug-likeness (QED) is 0.538. The topological polar surface area (TPSA) is 9.23 Å². The zero-order chi connectivity index (χ0) is 18.7. The number of benzene rings is 2. The van der Waals surface area contributed by atoms with Gasteiger partial charge in [0.1, 0.15) is 12.4 Å². The standard InChI is InChI=1S/C23H31ClO/c1-22(2,3)15-21(23(4,5)6)18-9-13-20(14-10-18)25-16-17-7-11-19(24)12-8-17/h7-14,21H,15-16H2,1-6H3. The van der Waals surface area contributed by atoms with E-state index in [0.29, 0.717) is 17.9 Å². The first kappa shape index (κ1) is 19.8. The second kappa shape index (κ2) is 7.83. The summed E-state index contributed by atoms with van der Waals surface area (Å²) in [6.07, 6.45) is 1.17. The van der Waals surface area contributed by atoms with Crippen LogP contribution < -0.4 is 4.74 Å². The van der Waals surface area contributed by atoms with Crippen molar-refractivity contribution in [3.05, 3.63) is 64.7 Å². The first-order valence-electron chi connectivity index (χ1n) is 9.02. The molecule has 0 saturated carbocycles. The van der Waals surface area contributed by atoms with Crippen LogP contribution in [0.5, 0.6) is 5.75 Å². The van der Waals surface area contributed by atoms with Gasteiger partial charge >= 0.3 is 0 Å². The summed E-state index contributed by atoms with van der Waals surface area (Å²) in [7, 11) is 0. The van der Waals surface area contributed by atoms with Crippen LogP contribution in [0.2, 0.25) is 5.02 Å². The van der Waals surface area contributed by atoms with Crippen LogP contribution in [0.3, 0.4) is 0 Å². The molecule has 0 saturated heterocycles. The molecule has 2 aromatic carbocycles. The lowest BCUT2D eigenvalue weighted by Crippen LogP contribution is -2.23. The Morgan fingerprint density at radius 1 is 0.840 bits per heavy atom. The van der Waals surface area contributed by atoms with Gasteiger partial charge in [0.05, 0.1) is 0 Å². The zero-order valence-electron chi connectivity index (χ0n) is 16.4. The molecule has 2 aromatic rings. The van der Waals surface area contributed by atoms with Crippen molar-refractivity contribution in [2.45, 2.75) is 60.5 Å². The Bertz CT molecular complexity index is 657. The molecule has 0 fully saturated rings. The summed E-state index contributed by atoms with van der Waals surface area (Å²) in [5.41, 5.74) is 3.05. The minimum atomic E-state index is 0.235. The van der Waals surface area contributed by atoms with Gasteiger partial charge in [0.2, 0.25) is 0 Å². The van der Waals surface area contributed by atoms with Crippen LogP contribution in [0.1, 0.15) is 65.0 Å². The zero-order valence-corrected chi connectivity index (χ0v) is 17.2. The van der Waals surface area contributed by atoms with E-state index in [1.54, 1.807) is 0 Å². The molecule has 2 rings (SSSR count). The Kier molecular flexibility index (Phi) is 6.21. The molecule has 0 heterocycles. The first-order chi connectivity index (χ1) is 11.5. The lowest BCUT2D eigenvalue weighted by molar-refractivity contribution is 0.229. The summed E-state index contributed by atoms with van der Waals surface area (Å²) < 4.78 is 5.91. The Hall–Kier alpha value is -1.47. The Labute approximate surface area is 158 Å². The molecule has 0 aliphatic rings. The molecular weight excluding hydrogens is 328 g/mol. The third-order valence-corrected chi connectivity index (χ3v) is 4.72. The third-order valence-electron chi connectivity index (χ3n) is 4.46. The molecular formula is C23H31ClO. The van der Waals surface area contributed by atoms with Crippen molar-refractivity contribution < 1.29 is 4.74 Å². The molecule has 1 unspecified atom stereocenters. The van der Waals surface area contributed by atoms with Crippen LogP contribution in [0.25, 0.3) is 0 Å². The van der Waals surface area contributed by atoms with Gasteiger partial charge in [-0.05, 0) is 58.6 Å². The Morgan fingerprint density at radius 3 is 1.88 bits per heavy atom. The van der Waals surface area contributed by atoms with Crippen molar-refractivity contribution in [3.63, 3.8) is 0 Å². The molecule has 2 heteroatoms. The van der Waals surface area contributed by atoms with E-state index in [4.69, 9.17) is 16.3 Å². The Balaban J connectivity index is 2.07. The largest absolute Gasteiger partial charge is 0.489 e. The predicted octanol–water partition coefficient (Wildman–Crippen LogP) is 7.48. The molecule has 1 atom stereocenters. The number of rotatable bonds is 5. The normalized spacial score (nSPS) is 13.6. The lowest BCUT2D eigenvalue weighted by atomic mass is 9.69. The van der Waals surface area contributed by atoms with Crippen LogP contribution >= 0.6 is 11.6 Å². The van der Waals surface area contributed by atoms with Gasteiger partial charge in [-0.3, -0.25) is 0 Å². The monoisotopic (exact) mass is 358 g/mol. The maximum absolute atomic E-state index is 5.92. The van der Waals surface area contributed by atoms with Gasteiger partial charge in [0.25, 0.3) is 0 Å². The smallest absolute Gasteiger partial charge is 0.119 e. The first-order valence-corrected chi connectivity index (χ1v) is 9.40. The van der Waals surface area contributed by atoms with Gasteiger partial charge in [-0.25, -0.2) is 0 Å². The van der Waals surface area contributed by atoms with Gasteiger partial charge in [0.15, 0.2) is 0 Å². The lowest BCUT2D eigenvalue weighted by Gasteiger charge is -2.36. The molecule has 0 aliphatic heterocycles. The van der Waals surface area contributed by atoms with E-state index in [-0.39, 0.29) is 5.41 Å². The number of hydrogen-bond donors (Lipinski definition) is 0. The number of halogens is 1. The van der Waals surface area contributed by atoms with Crippen LogP contribution in [-0.4, -0.2) is 0 Å². The van der Waals surface area contributed by atoms with Crippen molar-refractivity contribution >= 4 is 11.6 Å². The average molecular weight is 359 g/mol. The molecule has 0 aromatic heterocycles. The van der Waals surface area contributed by atoms with Gasteiger partial charge in [-0.1, -0.05) is 77.4 Å². The van der Waals surface area contributed by atoms with E-state index >= 15 is 0 Å². The van der Waals surface area contributed by atoms with E-state index in [0.717, 1.165) is 16.3 Å². The fourth-order valence-corrected chi connectivity index (χ4v) is 3.21. The molecule has 25 heavy (non-hydrogen) atoms. The fraction of sp³-hybridized carbons (Fsp3) is 0.478. The molecule has 136 valence electrons. The van der Waals surface area contributed by atoms with Crippen molar-refractivity contribution in [2.75, 3.05) is 0 Å². The van der Waals surface area contributed by atoms with Crippen molar-refractivity contribution in [1.82, 2.24) is 0 Å². The van der Waals surface area contributed by atoms with E-state index < -0.39 is 0 Å². The Morgan fingerprint density at radius 2 is 1.40 bits per heavy atom. The molecule has 0 N–H and O–H groups in total. The SMILES string of the molecule is CC(C)(C)CC(c1ccc(OCc2ccc(Cl)cc2)cc1)C(C)(C)C. The highest BCUT2D eigenvalue weighted by Crippen LogP contribution is 2.43. The molecule has 0 bridgehead atoms. The van der Waals surface area contributed by atoms with Crippen LogP contribution in [0, 0.1) is 10.8 Å². The molecule has 0 amide bonds. The van der Waals surface area contributed by atoms with Crippen molar-refractivity contribution in [2.24, 2.45) is 10.8 Å². The van der Waals surface area contributed by atoms with Gasteiger partial charge in [-0.2, -0.15) is 0 Å². The van der Waals surface area contributed by atoms with Crippen LogP contribution in [0.15, 0.2) is 48.5 Å². The van der Waals surface area contributed by atoms with E-state index in [9.17, 15) is 0 Å². The maximum atomic E-state index is 5.92. The van der Waals surface area contributed by atoms with E-state index in [2.05, 4.69) is 65.8 Å². The van der Waals surface area contributed by atoms with E-state index in [1.165, 1.54) is 12.0 Å². The second-order valence-corrected chi connectivity index (χ2v) is 9.60. The molecule has 0 radical (unpaired) electrons. The highest BCUT2D eigenvalue weighted by Gasteiger charge is 2.30. The van der Waals surface area contributed by atoms with Crippen molar-refractivity contribution in [3.8, 4) is 5.75 Å². The summed E-state index contributed by atoms with van der Waals surface area (Å²) in [6, 6.07) is 16.4. The average Bonchev–Trinajstić information content (AvgIpc) is 2.51. The minimum Gasteiger partial charge on any atom is -0.489 e. The highest BCUT2D eigenvalue weighted by atomic mass is 35.5. The molecule has 0 spiro atoms. The molecule has 0 aliphatic carbocycles.